The van der Waals surface area contributed by atoms with E-state index in [2.05, 4.69) is 4.74 Å². The molecular formula is C14H15NO3. The van der Waals surface area contributed by atoms with Crippen molar-refractivity contribution in [3.63, 3.8) is 0 Å². The molecule has 0 aliphatic heterocycles. The Morgan fingerprint density at radius 2 is 1.94 bits per heavy atom. The molecule has 94 valence electrons. The van der Waals surface area contributed by atoms with E-state index in [-0.39, 0.29) is 17.2 Å². The van der Waals surface area contributed by atoms with Gasteiger partial charge in [0, 0.05) is 6.04 Å². The fourth-order valence-corrected chi connectivity index (χ4v) is 2.05. The molecule has 0 aliphatic carbocycles. The van der Waals surface area contributed by atoms with Crippen LogP contribution in [0, 0.1) is 0 Å². The standard InChI is InChI=1S/C14H15NO3/c1-9(2)15-12-7-5-4-6-10(12)8-11(13(15)16)14(17)18-3/h4-9H,1-3H3. The predicted octanol–water partition coefficient (Wildman–Crippen LogP) is 2.37. The van der Waals surface area contributed by atoms with Crippen LogP contribution in [-0.2, 0) is 4.74 Å². The van der Waals surface area contributed by atoms with E-state index in [0.717, 1.165) is 10.9 Å². The normalized spacial score (nSPS) is 10.9. The minimum absolute atomic E-state index is 0.0213. The highest BCUT2D eigenvalue weighted by Crippen LogP contribution is 2.17. The van der Waals surface area contributed by atoms with Crippen molar-refractivity contribution in [2.75, 3.05) is 7.11 Å². The van der Waals surface area contributed by atoms with Gasteiger partial charge in [0.2, 0.25) is 0 Å². The van der Waals surface area contributed by atoms with Gasteiger partial charge in [-0.3, -0.25) is 4.79 Å². The fraction of sp³-hybridized carbons (Fsp3) is 0.286. The quantitative estimate of drug-likeness (QED) is 0.763. The topological polar surface area (TPSA) is 48.3 Å². The number of esters is 1. The smallest absolute Gasteiger partial charge is 0.343 e. The average molecular weight is 245 g/mol. The van der Waals surface area contributed by atoms with Gasteiger partial charge >= 0.3 is 5.97 Å². The van der Waals surface area contributed by atoms with Crippen molar-refractivity contribution in [1.29, 1.82) is 0 Å². The number of carbonyl (C=O) groups is 1. The van der Waals surface area contributed by atoms with E-state index in [1.54, 1.807) is 10.6 Å². The number of pyridine rings is 1. The number of fused-ring (bicyclic) bond motifs is 1. The number of para-hydroxylation sites is 1. The van der Waals surface area contributed by atoms with Crippen LogP contribution < -0.4 is 5.56 Å². The van der Waals surface area contributed by atoms with Crippen LogP contribution in [0.5, 0.6) is 0 Å². The Labute approximate surface area is 105 Å². The summed E-state index contributed by atoms with van der Waals surface area (Å²) in [6.07, 6.45) is 0. The molecule has 0 aliphatic rings. The zero-order valence-electron chi connectivity index (χ0n) is 10.6. The summed E-state index contributed by atoms with van der Waals surface area (Å²) in [6, 6.07) is 9.06. The molecule has 2 rings (SSSR count). The van der Waals surface area contributed by atoms with Gasteiger partial charge in [0.05, 0.1) is 12.6 Å². The summed E-state index contributed by atoms with van der Waals surface area (Å²) in [5.74, 6) is -0.597. The number of ether oxygens (including phenoxy) is 1. The van der Waals surface area contributed by atoms with Gasteiger partial charge in [-0.2, -0.15) is 0 Å². The molecule has 0 unspecified atom stereocenters. The summed E-state index contributed by atoms with van der Waals surface area (Å²) in [5, 5.41) is 0.853. The summed E-state index contributed by atoms with van der Waals surface area (Å²) >= 11 is 0. The summed E-state index contributed by atoms with van der Waals surface area (Å²) in [5.41, 5.74) is 0.589. The average Bonchev–Trinajstić information content (AvgIpc) is 2.36. The Balaban J connectivity index is 2.88. The van der Waals surface area contributed by atoms with Gasteiger partial charge in [-0.15, -0.1) is 0 Å². The molecular weight excluding hydrogens is 230 g/mol. The lowest BCUT2D eigenvalue weighted by molar-refractivity contribution is 0.0598. The number of methoxy groups -OCH3 is 1. The van der Waals surface area contributed by atoms with Crippen LogP contribution in [0.15, 0.2) is 35.1 Å². The van der Waals surface area contributed by atoms with Crippen LogP contribution in [0.2, 0.25) is 0 Å². The summed E-state index contributed by atoms with van der Waals surface area (Å²) < 4.78 is 6.26. The minimum atomic E-state index is -0.597. The van der Waals surface area contributed by atoms with Crippen molar-refractivity contribution < 1.29 is 9.53 Å². The Morgan fingerprint density at radius 3 is 2.56 bits per heavy atom. The maximum absolute atomic E-state index is 12.3. The molecule has 1 aromatic carbocycles. The molecule has 0 saturated heterocycles. The number of benzene rings is 1. The zero-order valence-corrected chi connectivity index (χ0v) is 10.6. The summed E-state index contributed by atoms with van der Waals surface area (Å²) in [4.78, 5) is 23.9. The number of nitrogens with zero attached hydrogens (tertiary/aromatic N) is 1. The first-order valence-corrected chi connectivity index (χ1v) is 5.79. The van der Waals surface area contributed by atoms with E-state index in [1.807, 2.05) is 38.1 Å². The molecule has 0 amide bonds. The fourth-order valence-electron chi connectivity index (χ4n) is 2.05. The molecule has 0 N–H and O–H groups in total. The molecule has 0 bridgehead atoms. The first-order valence-electron chi connectivity index (χ1n) is 5.79. The van der Waals surface area contributed by atoms with Crippen molar-refractivity contribution in [2.45, 2.75) is 19.9 Å². The molecule has 0 spiro atoms. The third kappa shape index (κ3) is 1.90. The van der Waals surface area contributed by atoms with E-state index >= 15 is 0 Å². The first kappa shape index (κ1) is 12.4. The van der Waals surface area contributed by atoms with Crippen molar-refractivity contribution in [2.24, 2.45) is 0 Å². The van der Waals surface area contributed by atoms with Crippen molar-refractivity contribution in [3.8, 4) is 0 Å². The third-order valence-corrected chi connectivity index (χ3v) is 2.87. The second-order valence-corrected chi connectivity index (χ2v) is 4.38. The Bertz CT molecular complexity index is 656. The molecule has 1 aromatic heterocycles. The van der Waals surface area contributed by atoms with Gasteiger partial charge < -0.3 is 9.30 Å². The molecule has 4 nitrogen and oxygen atoms in total. The molecule has 0 atom stereocenters. The minimum Gasteiger partial charge on any atom is -0.465 e. The second-order valence-electron chi connectivity index (χ2n) is 4.38. The number of rotatable bonds is 2. The summed E-state index contributed by atoms with van der Waals surface area (Å²) in [7, 11) is 1.27. The van der Waals surface area contributed by atoms with Crippen molar-refractivity contribution >= 4 is 16.9 Å². The molecule has 0 radical (unpaired) electrons. The highest BCUT2D eigenvalue weighted by Gasteiger charge is 2.16. The van der Waals surface area contributed by atoms with Gasteiger partial charge in [-0.25, -0.2) is 4.79 Å². The van der Waals surface area contributed by atoms with Gasteiger partial charge in [0.15, 0.2) is 0 Å². The zero-order chi connectivity index (χ0) is 13.3. The Morgan fingerprint density at radius 1 is 1.28 bits per heavy atom. The Kier molecular flexibility index (Phi) is 3.19. The lowest BCUT2D eigenvalue weighted by atomic mass is 10.1. The number of aromatic nitrogens is 1. The van der Waals surface area contributed by atoms with Crippen LogP contribution in [0.4, 0.5) is 0 Å². The largest absolute Gasteiger partial charge is 0.465 e. The highest BCUT2D eigenvalue weighted by molar-refractivity contribution is 5.93. The van der Waals surface area contributed by atoms with Crippen molar-refractivity contribution in [3.05, 3.63) is 46.2 Å². The first-order chi connectivity index (χ1) is 8.56. The molecule has 4 heteroatoms. The summed E-state index contributed by atoms with van der Waals surface area (Å²) in [6.45, 7) is 3.82. The van der Waals surface area contributed by atoms with E-state index in [0.29, 0.717) is 0 Å². The molecule has 2 aromatic rings. The SMILES string of the molecule is COC(=O)c1cc2ccccc2n(C(C)C)c1=O. The van der Waals surface area contributed by atoms with Crippen LogP contribution in [0.25, 0.3) is 10.9 Å². The second kappa shape index (κ2) is 4.64. The van der Waals surface area contributed by atoms with Gasteiger partial charge in [0.1, 0.15) is 5.56 Å². The third-order valence-electron chi connectivity index (χ3n) is 2.87. The lowest BCUT2D eigenvalue weighted by Gasteiger charge is -2.15. The lowest BCUT2D eigenvalue weighted by Crippen LogP contribution is -2.28. The van der Waals surface area contributed by atoms with E-state index in [1.165, 1.54) is 7.11 Å². The number of hydrogen-bond donors (Lipinski definition) is 0. The monoisotopic (exact) mass is 245 g/mol. The van der Waals surface area contributed by atoms with Crippen molar-refractivity contribution in [1.82, 2.24) is 4.57 Å². The number of carbonyl (C=O) groups excluding carboxylic acids is 1. The molecule has 0 fully saturated rings. The van der Waals surface area contributed by atoms with Gasteiger partial charge in [-0.05, 0) is 31.4 Å². The van der Waals surface area contributed by atoms with Gasteiger partial charge in [0.25, 0.3) is 5.56 Å². The van der Waals surface area contributed by atoms with Crippen LogP contribution >= 0.6 is 0 Å². The van der Waals surface area contributed by atoms with E-state index < -0.39 is 5.97 Å². The molecule has 1 heterocycles. The van der Waals surface area contributed by atoms with E-state index in [4.69, 9.17) is 0 Å². The number of hydrogen-bond acceptors (Lipinski definition) is 3. The van der Waals surface area contributed by atoms with Crippen LogP contribution in [0.1, 0.15) is 30.2 Å². The Hall–Kier alpha value is -2.10. The molecule has 0 saturated carbocycles. The maximum Gasteiger partial charge on any atom is 0.343 e. The van der Waals surface area contributed by atoms with Crippen LogP contribution in [-0.4, -0.2) is 17.6 Å². The predicted molar refractivity (Wildman–Crippen MR) is 69.9 cm³/mol. The maximum atomic E-state index is 12.3. The van der Waals surface area contributed by atoms with Gasteiger partial charge in [-0.1, -0.05) is 18.2 Å². The van der Waals surface area contributed by atoms with E-state index in [9.17, 15) is 9.59 Å². The highest BCUT2D eigenvalue weighted by atomic mass is 16.5. The van der Waals surface area contributed by atoms with Crippen LogP contribution in [0.3, 0.4) is 0 Å². The molecule has 18 heavy (non-hydrogen) atoms.